The lowest BCUT2D eigenvalue weighted by Crippen LogP contribution is -2.57. The minimum atomic E-state index is -4.64. The molecule has 0 aliphatic carbocycles. The second-order valence-corrected chi connectivity index (χ2v) is 9.98. The van der Waals surface area contributed by atoms with E-state index in [1.807, 2.05) is 0 Å². The zero-order valence-electron chi connectivity index (χ0n) is 20.8. The van der Waals surface area contributed by atoms with Crippen molar-refractivity contribution >= 4 is 11.6 Å². The molecule has 1 unspecified atom stereocenters. The lowest BCUT2D eigenvalue weighted by molar-refractivity contribution is -0.217. The first kappa shape index (κ1) is 28.8. The third-order valence-electron chi connectivity index (χ3n) is 7.28. The summed E-state index contributed by atoms with van der Waals surface area (Å²) >= 11 is 5.62. The van der Waals surface area contributed by atoms with Crippen LogP contribution in [0.5, 0.6) is 0 Å². The molecule has 2 N–H and O–H groups in total. The summed E-state index contributed by atoms with van der Waals surface area (Å²) in [6.45, 7) is -1.31. The van der Waals surface area contributed by atoms with Crippen LogP contribution in [0.3, 0.4) is 0 Å². The number of aliphatic hydroxyl groups is 2. The van der Waals surface area contributed by atoms with Crippen LogP contribution in [0.4, 0.5) is 22.0 Å². The van der Waals surface area contributed by atoms with Crippen molar-refractivity contribution in [2.24, 2.45) is 0 Å². The van der Waals surface area contributed by atoms with Gasteiger partial charge in [-0.3, -0.25) is 0 Å². The molecule has 6 atom stereocenters. The summed E-state index contributed by atoms with van der Waals surface area (Å²) in [6.07, 6.45) is -7.15. The summed E-state index contributed by atoms with van der Waals surface area (Å²) in [5, 5.41) is 35.9. The third kappa shape index (κ3) is 4.86. The van der Waals surface area contributed by atoms with Gasteiger partial charge >= 0.3 is 6.18 Å². The fraction of sp³-hybridized carbons (Fsp3) is 0.565. The first-order valence-electron chi connectivity index (χ1n) is 12.1. The number of aromatic nitrogens is 6. The van der Waals surface area contributed by atoms with Crippen molar-refractivity contribution in [1.29, 1.82) is 0 Å². The largest absolute Gasteiger partial charge is 0.416 e. The Labute approximate surface area is 228 Å². The maximum Gasteiger partial charge on any atom is 0.416 e. The molecule has 218 valence electrons. The maximum absolute atomic E-state index is 14.5. The molecule has 2 saturated heterocycles. The number of benzene rings is 1. The Hall–Kier alpha value is -2.76. The van der Waals surface area contributed by atoms with Crippen LogP contribution < -0.4 is 0 Å². The minimum absolute atomic E-state index is 0.0714. The first-order chi connectivity index (χ1) is 19.0. The van der Waals surface area contributed by atoms with Gasteiger partial charge in [0.25, 0.3) is 0 Å². The Morgan fingerprint density at radius 1 is 1.15 bits per heavy atom. The van der Waals surface area contributed by atoms with Crippen LogP contribution in [0.15, 0.2) is 24.5 Å². The standard InChI is InChI=1S/C23H24ClF5N6O5/c1-38-21-15(6-11-7-35(33-30-11)22(23(27,28)29)4-5-39-10-22)40-16(9-36)20(37)19(21)34-8-14(31-32-34)12-2-3-13(24)18(26)17(12)25/h2-3,7-8,15-16,19-21,36-37H,4-6,9-10H2,1H3/t15-,16-,19+,20+,21+,22?/m1/s1. The van der Waals surface area contributed by atoms with Gasteiger partial charge in [0.15, 0.2) is 17.2 Å². The van der Waals surface area contributed by atoms with Gasteiger partial charge in [-0.15, -0.1) is 10.2 Å². The maximum atomic E-state index is 14.5. The van der Waals surface area contributed by atoms with Crippen molar-refractivity contribution in [3.63, 3.8) is 0 Å². The van der Waals surface area contributed by atoms with Gasteiger partial charge in [-0.05, 0) is 12.1 Å². The minimum Gasteiger partial charge on any atom is -0.394 e. The molecule has 0 amide bonds. The van der Waals surface area contributed by atoms with Gasteiger partial charge in [-0.25, -0.2) is 18.1 Å². The highest BCUT2D eigenvalue weighted by atomic mass is 35.5. The van der Waals surface area contributed by atoms with Crippen molar-refractivity contribution < 1.29 is 46.4 Å². The van der Waals surface area contributed by atoms with Gasteiger partial charge in [0.2, 0.25) is 0 Å². The second-order valence-electron chi connectivity index (χ2n) is 9.57. The summed E-state index contributed by atoms with van der Waals surface area (Å²) in [4.78, 5) is 0. The molecule has 2 fully saturated rings. The predicted octanol–water partition coefficient (Wildman–Crippen LogP) is 2.07. The van der Waals surface area contributed by atoms with E-state index in [4.69, 9.17) is 25.8 Å². The van der Waals surface area contributed by atoms with Crippen molar-refractivity contribution in [3.05, 3.63) is 46.9 Å². The molecule has 4 heterocycles. The summed E-state index contributed by atoms with van der Waals surface area (Å²) in [5.41, 5.74) is -2.53. The van der Waals surface area contributed by atoms with E-state index in [-0.39, 0.29) is 36.4 Å². The molecular weight excluding hydrogens is 571 g/mol. The molecule has 17 heteroatoms. The van der Waals surface area contributed by atoms with Crippen LogP contribution in [-0.4, -0.2) is 97.7 Å². The molecule has 0 saturated carbocycles. The van der Waals surface area contributed by atoms with Crippen molar-refractivity contribution in [1.82, 2.24) is 30.0 Å². The van der Waals surface area contributed by atoms with Gasteiger partial charge in [-0.2, -0.15) is 13.2 Å². The van der Waals surface area contributed by atoms with Crippen LogP contribution in [0.1, 0.15) is 18.2 Å². The molecule has 0 bridgehead atoms. The number of ether oxygens (including phenoxy) is 3. The highest BCUT2D eigenvalue weighted by molar-refractivity contribution is 6.30. The average Bonchev–Trinajstić information content (AvgIpc) is 3.69. The predicted molar refractivity (Wildman–Crippen MR) is 125 cm³/mol. The van der Waals surface area contributed by atoms with Crippen LogP contribution in [0.2, 0.25) is 5.02 Å². The van der Waals surface area contributed by atoms with E-state index in [2.05, 4.69) is 20.6 Å². The number of nitrogens with zero attached hydrogens (tertiary/aromatic N) is 6. The molecule has 11 nitrogen and oxygen atoms in total. The number of aliphatic hydroxyl groups excluding tert-OH is 2. The fourth-order valence-electron chi connectivity index (χ4n) is 5.10. The van der Waals surface area contributed by atoms with Crippen LogP contribution in [-0.2, 0) is 26.2 Å². The van der Waals surface area contributed by atoms with E-state index in [0.717, 1.165) is 16.9 Å². The lowest BCUT2D eigenvalue weighted by atomic mass is 9.90. The van der Waals surface area contributed by atoms with Gasteiger partial charge in [0, 0.05) is 38.3 Å². The quantitative estimate of drug-likeness (QED) is 0.312. The summed E-state index contributed by atoms with van der Waals surface area (Å²) < 4.78 is 88.6. The summed E-state index contributed by atoms with van der Waals surface area (Å²) in [7, 11) is 1.32. The molecule has 0 radical (unpaired) electrons. The number of rotatable bonds is 7. The summed E-state index contributed by atoms with van der Waals surface area (Å²) in [5.74, 6) is -2.51. The van der Waals surface area contributed by atoms with Crippen molar-refractivity contribution in [2.45, 2.75) is 55.0 Å². The van der Waals surface area contributed by atoms with E-state index in [9.17, 15) is 32.2 Å². The third-order valence-corrected chi connectivity index (χ3v) is 7.57. The van der Waals surface area contributed by atoms with E-state index < -0.39 is 72.0 Å². The first-order valence-corrected chi connectivity index (χ1v) is 12.5. The van der Waals surface area contributed by atoms with Crippen LogP contribution in [0.25, 0.3) is 11.3 Å². The molecule has 2 aliphatic rings. The van der Waals surface area contributed by atoms with E-state index >= 15 is 0 Å². The lowest BCUT2D eigenvalue weighted by Gasteiger charge is -2.43. The highest BCUT2D eigenvalue weighted by Gasteiger charge is 2.59. The van der Waals surface area contributed by atoms with Crippen LogP contribution in [0, 0.1) is 11.6 Å². The molecule has 1 aromatic carbocycles. The molecule has 3 aromatic rings. The van der Waals surface area contributed by atoms with Gasteiger partial charge in [0.1, 0.15) is 30.0 Å². The molecule has 5 rings (SSSR count). The number of alkyl halides is 3. The number of methoxy groups -OCH3 is 1. The molecule has 2 aromatic heterocycles. The van der Waals surface area contributed by atoms with E-state index in [0.29, 0.717) is 0 Å². The summed E-state index contributed by atoms with van der Waals surface area (Å²) in [6, 6.07) is 1.32. The SMILES string of the molecule is CO[C@@H]1[C@@H](n2cc(-c3ccc(Cl)c(F)c3F)nn2)[C@@H](O)[C@@H](CO)O[C@@H]1Cc1cn(C2(C(F)(F)F)CCOC2)nn1. The van der Waals surface area contributed by atoms with Crippen LogP contribution >= 0.6 is 11.6 Å². The zero-order chi connectivity index (χ0) is 28.8. The molecule has 40 heavy (non-hydrogen) atoms. The second kappa shape index (κ2) is 10.9. The van der Waals surface area contributed by atoms with Crippen molar-refractivity contribution in [3.8, 4) is 11.3 Å². The van der Waals surface area contributed by atoms with Gasteiger partial charge < -0.3 is 24.4 Å². The van der Waals surface area contributed by atoms with Crippen molar-refractivity contribution in [2.75, 3.05) is 26.9 Å². The Morgan fingerprint density at radius 3 is 2.58 bits per heavy atom. The van der Waals surface area contributed by atoms with Gasteiger partial charge in [-0.1, -0.05) is 22.0 Å². The number of halogens is 6. The molecule has 2 aliphatic heterocycles. The zero-order valence-corrected chi connectivity index (χ0v) is 21.6. The smallest absolute Gasteiger partial charge is 0.394 e. The topological polar surface area (TPSA) is 130 Å². The Morgan fingerprint density at radius 2 is 1.93 bits per heavy atom. The Kier molecular flexibility index (Phi) is 7.84. The van der Waals surface area contributed by atoms with Gasteiger partial charge in [0.05, 0.1) is 36.2 Å². The fourth-order valence-corrected chi connectivity index (χ4v) is 5.24. The highest BCUT2D eigenvalue weighted by Crippen LogP contribution is 2.43. The Balaban J connectivity index is 1.44. The monoisotopic (exact) mass is 594 g/mol. The Bertz CT molecular complexity index is 1350. The normalized spacial score (nSPS) is 29.3. The van der Waals surface area contributed by atoms with E-state index in [1.54, 1.807) is 0 Å². The number of hydrogen-bond donors (Lipinski definition) is 2. The molecule has 0 spiro atoms. The van der Waals surface area contributed by atoms with E-state index in [1.165, 1.54) is 24.1 Å². The molecular formula is C23H24ClF5N6O5. The average molecular weight is 595 g/mol. The number of hydrogen-bond acceptors (Lipinski definition) is 9.